The molecule has 15 heavy (non-hydrogen) atoms. The lowest BCUT2D eigenvalue weighted by molar-refractivity contribution is 0.253. The number of methoxy groups -OCH3 is 1. The highest BCUT2D eigenvalue weighted by molar-refractivity contribution is 5.55. The third-order valence-corrected chi connectivity index (χ3v) is 1.78. The van der Waals surface area contributed by atoms with Crippen LogP contribution in [0.25, 0.3) is 0 Å². The van der Waals surface area contributed by atoms with Crippen LogP contribution in [-0.2, 0) is 0 Å². The van der Waals surface area contributed by atoms with E-state index in [1.54, 1.807) is 0 Å². The highest BCUT2D eigenvalue weighted by atomic mass is 16.5. The molecule has 0 spiro atoms. The monoisotopic (exact) mass is 212 g/mol. The number of hydrogen-bond donors (Lipinski definition) is 1. The molecule has 0 saturated carbocycles. The molecule has 1 aromatic heterocycles. The van der Waals surface area contributed by atoms with Crippen molar-refractivity contribution in [3.05, 3.63) is 6.33 Å². The van der Waals surface area contributed by atoms with Gasteiger partial charge in [-0.2, -0.15) is 9.97 Å². The van der Waals surface area contributed by atoms with Gasteiger partial charge in [-0.3, -0.25) is 0 Å². The Kier molecular flexibility index (Phi) is 4.11. The Bertz CT molecular complexity index is 317. The molecule has 1 rings (SSSR count). The maximum Gasteiger partial charge on any atom is 0.244 e. The van der Waals surface area contributed by atoms with E-state index in [-0.39, 0.29) is 0 Å². The SMILES string of the molecule is COc1ncnc(OCCN(C)C)c1N. The topological polar surface area (TPSA) is 73.5 Å². The van der Waals surface area contributed by atoms with E-state index in [9.17, 15) is 0 Å². The van der Waals surface area contributed by atoms with Gasteiger partial charge in [0, 0.05) is 6.54 Å². The average molecular weight is 212 g/mol. The fourth-order valence-corrected chi connectivity index (χ4v) is 0.967. The van der Waals surface area contributed by atoms with Crippen LogP contribution in [0.1, 0.15) is 0 Å². The van der Waals surface area contributed by atoms with Crippen LogP contribution in [0.5, 0.6) is 11.8 Å². The third kappa shape index (κ3) is 3.25. The maximum atomic E-state index is 5.72. The van der Waals surface area contributed by atoms with Crippen molar-refractivity contribution in [1.82, 2.24) is 14.9 Å². The predicted octanol–water partition coefficient (Wildman–Crippen LogP) is 0.00780. The second-order valence-corrected chi connectivity index (χ2v) is 3.25. The molecule has 0 aliphatic heterocycles. The molecule has 0 radical (unpaired) electrons. The van der Waals surface area contributed by atoms with Gasteiger partial charge in [-0.1, -0.05) is 0 Å². The number of anilines is 1. The Morgan fingerprint density at radius 2 is 2.00 bits per heavy atom. The van der Waals surface area contributed by atoms with Crippen LogP contribution in [0.4, 0.5) is 5.69 Å². The standard InChI is InChI=1S/C9H16N4O2/c1-13(2)4-5-15-9-7(10)8(14-3)11-6-12-9/h6H,4-5,10H2,1-3H3. The number of nitrogens with two attached hydrogens (primary N) is 1. The van der Waals surface area contributed by atoms with Gasteiger partial charge in [0.15, 0.2) is 5.69 Å². The minimum absolute atomic E-state index is 0.332. The molecule has 0 atom stereocenters. The number of nitrogens with zero attached hydrogens (tertiary/aromatic N) is 3. The number of aromatic nitrogens is 2. The predicted molar refractivity (Wildman–Crippen MR) is 57.0 cm³/mol. The highest BCUT2D eigenvalue weighted by Gasteiger charge is 2.08. The van der Waals surface area contributed by atoms with E-state index in [0.717, 1.165) is 6.54 Å². The first-order valence-electron chi connectivity index (χ1n) is 4.57. The molecule has 0 unspecified atom stereocenters. The minimum atomic E-state index is 0.332. The summed E-state index contributed by atoms with van der Waals surface area (Å²) >= 11 is 0. The fourth-order valence-electron chi connectivity index (χ4n) is 0.967. The van der Waals surface area contributed by atoms with Crippen LogP contribution in [0.2, 0.25) is 0 Å². The van der Waals surface area contributed by atoms with E-state index in [0.29, 0.717) is 24.1 Å². The Morgan fingerprint density at radius 1 is 1.33 bits per heavy atom. The molecule has 0 saturated heterocycles. The first-order valence-corrected chi connectivity index (χ1v) is 4.57. The van der Waals surface area contributed by atoms with Crippen LogP contribution in [0, 0.1) is 0 Å². The van der Waals surface area contributed by atoms with Gasteiger partial charge < -0.3 is 20.1 Å². The molecule has 0 amide bonds. The molecule has 0 aliphatic rings. The quantitative estimate of drug-likeness (QED) is 0.741. The first-order chi connectivity index (χ1) is 7.15. The van der Waals surface area contributed by atoms with Crippen molar-refractivity contribution in [3.8, 4) is 11.8 Å². The van der Waals surface area contributed by atoms with Crippen molar-refractivity contribution in [3.63, 3.8) is 0 Å². The summed E-state index contributed by atoms with van der Waals surface area (Å²) in [6.07, 6.45) is 1.36. The van der Waals surface area contributed by atoms with E-state index in [4.69, 9.17) is 15.2 Å². The molecule has 0 aromatic carbocycles. The minimum Gasteiger partial charge on any atom is -0.479 e. The van der Waals surface area contributed by atoms with Gasteiger partial charge in [0.05, 0.1) is 7.11 Å². The molecule has 6 heteroatoms. The Morgan fingerprint density at radius 3 is 2.60 bits per heavy atom. The number of hydrogen-bond acceptors (Lipinski definition) is 6. The molecule has 1 aromatic rings. The zero-order valence-corrected chi connectivity index (χ0v) is 9.23. The van der Waals surface area contributed by atoms with Gasteiger partial charge in [-0.15, -0.1) is 0 Å². The average Bonchev–Trinajstić information content (AvgIpc) is 2.20. The fraction of sp³-hybridized carbons (Fsp3) is 0.556. The lowest BCUT2D eigenvalue weighted by Gasteiger charge is -2.12. The van der Waals surface area contributed by atoms with Crippen molar-refractivity contribution in [2.45, 2.75) is 0 Å². The highest BCUT2D eigenvalue weighted by Crippen LogP contribution is 2.25. The van der Waals surface area contributed by atoms with Crippen LogP contribution in [0.15, 0.2) is 6.33 Å². The Labute approximate surface area is 89.0 Å². The third-order valence-electron chi connectivity index (χ3n) is 1.78. The Hall–Kier alpha value is -1.56. The number of rotatable bonds is 5. The summed E-state index contributed by atoms with van der Waals surface area (Å²) in [6, 6.07) is 0. The van der Waals surface area contributed by atoms with Crippen LogP contribution in [-0.4, -0.2) is 49.2 Å². The zero-order chi connectivity index (χ0) is 11.3. The normalized spacial score (nSPS) is 10.4. The van der Waals surface area contributed by atoms with E-state index >= 15 is 0 Å². The van der Waals surface area contributed by atoms with Crippen molar-refractivity contribution >= 4 is 5.69 Å². The van der Waals surface area contributed by atoms with Crippen LogP contribution >= 0.6 is 0 Å². The van der Waals surface area contributed by atoms with Crippen molar-refractivity contribution < 1.29 is 9.47 Å². The summed E-state index contributed by atoms with van der Waals surface area (Å²) in [6.45, 7) is 1.32. The summed E-state index contributed by atoms with van der Waals surface area (Å²) in [4.78, 5) is 9.79. The summed E-state index contributed by atoms with van der Waals surface area (Å²) in [5.41, 5.74) is 6.05. The smallest absolute Gasteiger partial charge is 0.244 e. The summed E-state index contributed by atoms with van der Waals surface area (Å²) < 4.78 is 10.3. The van der Waals surface area contributed by atoms with Crippen molar-refractivity contribution in [1.29, 1.82) is 0 Å². The van der Waals surface area contributed by atoms with E-state index < -0.39 is 0 Å². The molecule has 2 N–H and O–H groups in total. The van der Waals surface area contributed by atoms with Gasteiger partial charge >= 0.3 is 0 Å². The molecular weight excluding hydrogens is 196 g/mol. The molecule has 84 valence electrons. The molecule has 1 heterocycles. The van der Waals surface area contributed by atoms with Crippen LogP contribution < -0.4 is 15.2 Å². The van der Waals surface area contributed by atoms with Crippen LogP contribution in [0.3, 0.4) is 0 Å². The zero-order valence-electron chi connectivity index (χ0n) is 9.23. The second-order valence-electron chi connectivity index (χ2n) is 3.25. The van der Waals surface area contributed by atoms with Crippen molar-refractivity contribution in [2.75, 3.05) is 40.1 Å². The van der Waals surface area contributed by atoms with Gasteiger partial charge in [0.1, 0.15) is 12.9 Å². The number of nitrogen functional groups attached to an aromatic ring is 1. The number of likely N-dealkylation sites (N-methyl/N-ethyl adjacent to an activating group) is 1. The van der Waals surface area contributed by atoms with Gasteiger partial charge in [-0.05, 0) is 14.1 Å². The lowest BCUT2D eigenvalue weighted by Crippen LogP contribution is -2.20. The lowest BCUT2D eigenvalue weighted by atomic mass is 10.5. The van der Waals surface area contributed by atoms with E-state index in [1.165, 1.54) is 13.4 Å². The Balaban J connectivity index is 2.61. The number of ether oxygens (including phenoxy) is 2. The largest absolute Gasteiger partial charge is 0.479 e. The summed E-state index contributed by atoms with van der Waals surface area (Å²) in [5.74, 6) is 0.702. The molecule has 0 fully saturated rings. The molecule has 6 nitrogen and oxygen atoms in total. The van der Waals surface area contributed by atoms with Gasteiger partial charge in [0.2, 0.25) is 11.8 Å². The van der Waals surface area contributed by atoms with Gasteiger partial charge in [0.25, 0.3) is 0 Å². The summed E-state index contributed by atoms with van der Waals surface area (Å²) in [5, 5.41) is 0. The second kappa shape index (κ2) is 5.35. The molecular formula is C9H16N4O2. The summed E-state index contributed by atoms with van der Waals surface area (Å²) in [7, 11) is 5.43. The van der Waals surface area contributed by atoms with E-state index in [1.807, 2.05) is 19.0 Å². The molecule has 0 bridgehead atoms. The molecule has 0 aliphatic carbocycles. The first kappa shape index (κ1) is 11.5. The van der Waals surface area contributed by atoms with E-state index in [2.05, 4.69) is 9.97 Å². The van der Waals surface area contributed by atoms with Gasteiger partial charge in [-0.25, -0.2) is 0 Å². The van der Waals surface area contributed by atoms with Crippen molar-refractivity contribution in [2.24, 2.45) is 0 Å². The maximum absolute atomic E-state index is 5.72.